The van der Waals surface area contributed by atoms with E-state index >= 15 is 0 Å². The van der Waals surface area contributed by atoms with Crippen LogP contribution in [-0.2, 0) is 0 Å². The molecular weight excluding hydrogens is 202 g/mol. The summed E-state index contributed by atoms with van der Waals surface area (Å²) in [6.45, 7) is 2.10. The van der Waals surface area contributed by atoms with Gasteiger partial charge in [0.1, 0.15) is 11.3 Å². The molecule has 0 aliphatic heterocycles. The molecule has 1 aromatic rings. The third-order valence-corrected chi connectivity index (χ3v) is 1.71. The lowest BCUT2D eigenvalue weighted by atomic mass is 10.2. The first-order valence-electron chi connectivity index (χ1n) is 4.20. The second kappa shape index (κ2) is 4.41. The number of nitro benzene ring substituents is 1. The number of aromatic carboxylic acids is 1. The van der Waals surface area contributed by atoms with E-state index in [-0.39, 0.29) is 11.3 Å². The predicted octanol–water partition coefficient (Wildman–Crippen LogP) is 1.69. The molecule has 0 fully saturated rings. The number of hydrogen-bond donors (Lipinski definition) is 1. The highest BCUT2D eigenvalue weighted by Gasteiger charge is 2.20. The van der Waals surface area contributed by atoms with Gasteiger partial charge in [-0.15, -0.1) is 0 Å². The maximum atomic E-state index is 10.7. The van der Waals surface area contributed by atoms with Crippen LogP contribution in [0.3, 0.4) is 0 Å². The van der Waals surface area contributed by atoms with Crippen LogP contribution < -0.4 is 4.74 Å². The van der Waals surface area contributed by atoms with E-state index in [9.17, 15) is 14.9 Å². The van der Waals surface area contributed by atoms with Gasteiger partial charge in [0.15, 0.2) is 0 Å². The Bertz CT molecular complexity index is 401. The Labute approximate surface area is 85.2 Å². The number of nitro groups is 1. The van der Waals surface area contributed by atoms with Crippen LogP contribution in [0.1, 0.15) is 17.3 Å². The Morgan fingerprint density at radius 2 is 2.27 bits per heavy atom. The van der Waals surface area contributed by atoms with Crippen molar-refractivity contribution in [1.82, 2.24) is 0 Å². The van der Waals surface area contributed by atoms with Crippen molar-refractivity contribution in [3.63, 3.8) is 0 Å². The van der Waals surface area contributed by atoms with Crippen LogP contribution >= 0.6 is 0 Å². The first-order valence-corrected chi connectivity index (χ1v) is 4.20. The highest BCUT2D eigenvalue weighted by molar-refractivity contribution is 5.92. The molecule has 0 radical (unpaired) electrons. The number of ether oxygens (including phenoxy) is 1. The fourth-order valence-corrected chi connectivity index (χ4v) is 1.10. The lowest BCUT2D eigenvalue weighted by Gasteiger charge is -2.03. The Kier molecular flexibility index (Phi) is 3.22. The van der Waals surface area contributed by atoms with Crippen LogP contribution in [-0.4, -0.2) is 22.6 Å². The fourth-order valence-electron chi connectivity index (χ4n) is 1.10. The third kappa shape index (κ3) is 2.43. The summed E-state index contributed by atoms with van der Waals surface area (Å²) in [6, 6.07) is 3.65. The number of rotatable bonds is 4. The first kappa shape index (κ1) is 11.0. The van der Waals surface area contributed by atoms with Crippen molar-refractivity contribution in [3.05, 3.63) is 33.9 Å². The molecule has 0 heterocycles. The Morgan fingerprint density at radius 3 is 2.73 bits per heavy atom. The zero-order valence-corrected chi connectivity index (χ0v) is 7.97. The maximum Gasteiger partial charge on any atom is 0.342 e. The van der Waals surface area contributed by atoms with Crippen molar-refractivity contribution < 1.29 is 19.6 Å². The van der Waals surface area contributed by atoms with Crippen molar-refractivity contribution >= 4 is 11.7 Å². The average molecular weight is 211 g/mol. The number of carboxylic acid groups (broad SMARTS) is 1. The number of carboxylic acids is 1. The molecule has 0 saturated heterocycles. The quantitative estimate of drug-likeness (QED) is 0.604. The molecule has 0 saturated carbocycles. The van der Waals surface area contributed by atoms with E-state index in [0.717, 1.165) is 12.1 Å². The van der Waals surface area contributed by atoms with Gasteiger partial charge < -0.3 is 9.84 Å². The molecule has 0 bridgehead atoms. The van der Waals surface area contributed by atoms with E-state index in [0.29, 0.717) is 6.61 Å². The van der Waals surface area contributed by atoms with Gasteiger partial charge in [0.25, 0.3) is 5.69 Å². The van der Waals surface area contributed by atoms with E-state index in [1.807, 2.05) is 0 Å². The molecule has 6 heteroatoms. The summed E-state index contributed by atoms with van der Waals surface area (Å²) >= 11 is 0. The molecule has 1 rings (SSSR count). The van der Waals surface area contributed by atoms with Crippen LogP contribution in [0.5, 0.6) is 5.75 Å². The second-order valence-electron chi connectivity index (χ2n) is 2.67. The van der Waals surface area contributed by atoms with Crippen molar-refractivity contribution in [1.29, 1.82) is 0 Å². The molecule has 15 heavy (non-hydrogen) atoms. The lowest BCUT2D eigenvalue weighted by Crippen LogP contribution is -2.03. The molecule has 1 N–H and O–H groups in total. The Balaban J connectivity index is 3.21. The minimum atomic E-state index is -1.33. The summed E-state index contributed by atoms with van der Waals surface area (Å²) in [6.07, 6.45) is 0. The zero-order chi connectivity index (χ0) is 11.4. The first-order chi connectivity index (χ1) is 7.06. The maximum absolute atomic E-state index is 10.7. The van der Waals surface area contributed by atoms with Gasteiger partial charge >= 0.3 is 5.97 Å². The summed E-state index contributed by atoms with van der Waals surface area (Å²) in [4.78, 5) is 20.5. The van der Waals surface area contributed by atoms with Gasteiger partial charge in [-0.1, -0.05) is 0 Å². The fraction of sp³-hybridized carbons (Fsp3) is 0.222. The molecule has 6 nitrogen and oxygen atoms in total. The van der Waals surface area contributed by atoms with Crippen LogP contribution in [0.2, 0.25) is 0 Å². The molecule has 0 spiro atoms. The zero-order valence-electron chi connectivity index (χ0n) is 7.97. The van der Waals surface area contributed by atoms with Gasteiger partial charge in [-0.2, -0.15) is 0 Å². The van der Waals surface area contributed by atoms with Crippen molar-refractivity contribution in [2.45, 2.75) is 6.92 Å². The lowest BCUT2D eigenvalue weighted by molar-refractivity contribution is -0.385. The molecule has 0 unspecified atom stereocenters. The van der Waals surface area contributed by atoms with Gasteiger partial charge in [-0.25, -0.2) is 4.79 Å². The summed E-state index contributed by atoms with van der Waals surface area (Å²) < 4.78 is 5.03. The van der Waals surface area contributed by atoms with E-state index in [1.165, 1.54) is 6.07 Å². The number of nitrogens with zero attached hydrogens (tertiary/aromatic N) is 1. The van der Waals surface area contributed by atoms with Gasteiger partial charge in [0.05, 0.1) is 17.6 Å². The highest BCUT2D eigenvalue weighted by Crippen LogP contribution is 2.24. The average Bonchev–Trinajstić information content (AvgIpc) is 2.17. The van der Waals surface area contributed by atoms with Crippen molar-refractivity contribution in [3.8, 4) is 5.75 Å². The van der Waals surface area contributed by atoms with Crippen molar-refractivity contribution in [2.24, 2.45) is 0 Å². The highest BCUT2D eigenvalue weighted by atomic mass is 16.6. The normalized spacial score (nSPS) is 9.67. The number of hydrogen-bond acceptors (Lipinski definition) is 4. The Hall–Kier alpha value is -2.11. The molecule has 0 aliphatic carbocycles. The van der Waals surface area contributed by atoms with Crippen LogP contribution in [0.4, 0.5) is 5.69 Å². The standard InChI is InChI=1S/C9H9NO5/c1-2-15-6-3-4-7(9(11)12)8(5-6)10(13)14/h3-5H,2H2,1H3,(H,11,12). The van der Waals surface area contributed by atoms with Crippen LogP contribution in [0.15, 0.2) is 18.2 Å². The van der Waals surface area contributed by atoms with Crippen LogP contribution in [0, 0.1) is 10.1 Å². The van der Waals surface area contributed by atoms with Crippen molar-refractivity contribution in [2.75, 3.05) is 6.61 Å². The minimum Gasteiger partial charge on any atom is -0.494 e. The molecule has 1 aromatic carbocycles. The molecule has 0 atom stereocenters. The summed E-state index contributed by atoms with van der Waals surface area (Å²) in [7, 11) is 0. The predicted molar refractivity (Wildman–Crippen MR) is 51.2 cm³/mol. The van der Waals surface area contributed by atoms with E-state index < -0.39 is 16.6 Å². The van der Waals surface area contributed by atoms with Gasteiger partial charge in [-0.05, 0) is 19.1 Å². The molecule has 0 amide bonds. The van der Waals surface area contributed by atoms with Gasteiger partial charge in [0, 0.05) is 0 Å². The molecular formula is C9H9NO5. The minimum absolute atomic E-state index is 0.286. The molecule has 80 valence electrons. The molecule has 0 aliphatic rings. The third-order valence-electron chi connectivity index (χ3n) is 1.71. The van der Waals surface area contributed by atoms with E-state index in [1.54, 1.807) is 6.92 Å². The van der Waals surface area contributed by atoms with Crippen LogP contribution in [0.25, 0.3) is 0 Å². The Morgan fingerprint density at radius 1 is 1.60 bits per heavy atom. The van der Waals surface area contributed by atoms with Gasteiger partial charge in [0.2, 0.25) is 0 Å². The topological polar surface area (TPSA) is 89.7 Å². The SMILES string of the molecule is CCOc1ccc(C(=O)O)c([N+](=O)[O-])c1. The monoisotopic (exact) mass is 211 g/mol. The van der Waals surface area contributed by atoms with E-state index in [4.69, 9.17) is 9.84 Å². The summed E-state index contributed by atoms with van der Waals surface area (Å²) in [5, 5.41) is 19.3. The smallest absolute Gasteiger partial charge is 0.342 e. The number of carbonyl (C=O) groups is 1. The molecule has 0 aromatic heterocycles. The number of benzene rings is 1. The van der Waals surface area contributed by atoms with E-state index in [2.05, 4.69) is 0 Å². The second-order valence-corrected chi connectivity index (χ2v) is 2.67. The summed E-state index contributed by atoms with van der Waals surface area (Å²) in [5.41, 5.74) is -0.808. The largest absolute Gasteiger partial charge is 0.494 e. The van der Waals surface area contributed by atoms with Gasteiger partial charge in [-0.3, -0.25) is 10.1 Å². The summed E-state index contributed by atoms with van der Waals surface area (Å²) in [5.74, 6) is -1.04.